The smallest absolute Gasteiger partial charge is 0.250 e. The summed E-state index contributed by atoms with van der Waals surface area (Å²) >= 11 is 0. The number of nitrogen functional groups attached to an aromatic ring is 1. The van der Waals surface area contributed by atoms with Gasteiger partial charge in [-0.3, -0.25) is 4.79 Å². The van der Waals surface area contributed by atoms with Crippen molar-refractivity contribution >= 4 is 17.3 Å². The summed E-state index contributed by atoms with van der Waals surface area (Å²) in [7, 11) is 0. The minimum absolute atomic E-state index is 0.0414. The fraction of sp³-hybridized carbons (Fsp3) is 0.462. The lowest BCUT2D eigenvalue weighted by molar-refractivity contribution is 0.100. The third-order valence-electron chi connectivity index (χ3n) is 3.31. The first-order chi connectivity index (χ1) is 7.91. The highest BCUT2D eigenvalue weighted by molar-refractivity contribution is 5.99. The van der Waals surface area contributed by atoms with Gasteiger partial charge in [-0.2, -0.15) is 0 Å². The minimum Gasteiger partial charge on any atom is -0.399 e. The number of hydrogen-bond donors (Lipinski definition) is 3. The Morgan fingerprint density at radius 3 is 2.41 bits per heavy atom. The first-order valence-electron chi connectivity index (χ1n) is 5.89. The molecule has 1 aromatic carbocycles. The van der Waals surface area contributed by atoms with Crippen LogP contribution < -0.4 is 16.8 Å². The van der Waals surface area contributed by atoms with Gasteiger partial charge in [0.1, 0.15) is 0 Å². The zero-order valence-corrected chi connectivity index (χ0v) is 10.7. The first-order valence-corrected chi connectivity index (χ1v) is 5.89. The van der Waals surface area contributed by atoms with E-state index in [9.17, 15) is 4.79 Å². The van der Waals surface area contributed by atoms with Crippen LogP contribution in [0.5, 0.6) is 0 Å². The normalized spacial score (nSPS) is 11.2. The van der Waals surface area contributed by atoms with Crippen LogP contribution in [-0.2, 0) is 0 Å². The summed E-state index contributed by atoms with van der Waals surface area (Å²) in [5.41, 5.74) is 12.7. The van der Waals surface area contributed by atoms with Gasteiger partial charge < -0.3 is 16.8 Å². The molecule has 0 fully saturated rings. The molecule has 17 heavy (non-hydrogen) atoms. The molecule has 0 aliphatic carbocycles. The van der Waals surface area contributed by atoms with Crippen molar-refractivity contribution in [1.29, 1.82) is 0 Å². The molecule has 4 heteroatoms. The summed E-state index contributed by atoms with van der Waals surface area (Å²) in [6.07, 6.45) is 1.93. The van der Waals surface area contributed by atoms with Crippen LogP contribution in [0.1, 0.15) is 44.0 Å². The fourth-order valence-electron chi connectivity index (χ4n) is 1.63. The number of anilines is 2. The van der Waals surface area contributed by atoms with E-state index >= 15 is 0 Å². The van der Waals surface area contributed by atoms with Gasteiger partial charge in [-0.05, 0) is 38.0 Å². The van der Waals surface area contributed by atoms with Crippen molar-refractivity contribution in [2.75, 3.05) is 11.1 Å². The van der Waals surface area contributed by atoms with Crippen molar-refractivity contribution in [3.63, 3.8) is 0 Å². The van der Waals surface area contributed by atoms with Gasteiger partial charge in [0.25, 0.3) is 5.91 Å². The van der Waals surface area contributed by atoms with E-state index in [4.69, 9.17) is 11.5 Å². The Balaban J connectivity index is 3.10. The van der Waals surface area contributed by atoms with Crippen LogP contribution >= 0.6 is 0 Å². The molecule has 1 amide bonds. The van der Waals surface area contributed by atoms with E-state index < -0.39 is 5.91 Å². The standard InChI is InChI=1S/C13H21N3O/c1-4-13(3,5-2)16-11-7-6-9(14)8-10(11)12(15)17/h6-8,16H,4-5,14H2,1-3H3,(H2,15,17). The van der Waals surface area contributed by atoms with E-state index in [2.05, 4.69) is 26.1 Å². The number of amides is 1. The van der Waals surface area contributed by atoms with Gasteiger partial charge in [0, 0.05) is 16.9 Å². The van der Waals surface area contributed by atoms with Gasteiger partial charge in [-0.1, -0.05) is 13.8 Å². The largest absolute Gasteiger partial charge is 0.399 e. The summed E-state index contributed by atoms with van der Waals surface area (Å²) in [5, 5.41) is 3.38. The molecule has 0 saturated heterocycles. The molecule has 0 heterocycles. The van der Waals surface area contributed by atoms with Gasteiger partial charge in [-0.15, -0.1) is 0 Å². The van der Waals surface area contributed by atoms with Crippen molar-refractivity contribution in [2.45, 2.75) is 39.2 Å². The molecule has 4 nitrogen and oxygen atoms in total. The lowest BCUT2D eigenvalue weighted by atomic mass is 9.94. The van der Waals surface area contributed by atoms with Crippen LogP contribution in [0.15, 0.2) is 18.2 Å². The minimum atomic E-state index is -0.464. The molecule has 0 unspecified atom stereocenters. The number of nitrogens with one attached hydrogen (secondary N) is 1. The number of nitrogens with two attached hydrogens (primary N) is 2. The molecular weight excluding hydrogens is 214 g/mol. The molecular formula is C13H21N3O. The number of rotatable bonds is 5. The lowest BCUT2D eigenvalue weighted by Crippen LogP contribution is -2.34. The van der Waals surface area contributed by atoms with E-state index in [1.165, 1.54) is 0 Å². The number of primary amides is 1. The Labute approximate surface area is 102 Å². The Morgan fingerprint density at radius 2 is 1.94 bits per heavy atom. The molecule has 0 spiro atoms. The van der Waals surface area contributed by atoms with Crippen LogP contribution in [-0.4, -0.2) is 11.4 Å². The topological polar surface area (TPSA) is 81.1 Å². The molecule has 0 atom stereocenters. The molecule has 0 aliphatic rings. The van der Waals surface area contributed by atoms with Gasteiger partial charge >= 0.3 is 0 Å². The van der Waals surface area contributed by atoms with Gasteiger partial charge in [0.05, 0.1) is 5.56 Å². The van der Waals surface area contributed by atoms with E-state index in [0.29, 0.717) is 11.3 Å². The second-order valence-corrected chi connectivity index (χ2v) is 4.56. The number of carbonyl (C=O) groups is 1. The first kappa shape index (κ1) is 13.4. The molecule has 94 valence electrons. The summed E-state index contributed by atoms with van der Waals surface area (Å²) in [6.45, 7) is 6.34. The molecule has 0 bridgehead atoms. The van der Waals surface area contributed by atoms with Gasteiger partial charge in [0.2, 0.25) is 0 Å². The lowest BCUT2D eigenvalue weighted by Gasteiger charge is -2.30. The predicted molar refractivity (Wildman–Crippen MR) is 72.0 cm³/mol. The van der Waals surface area contributed by atoms with Crippen molar-refractivity contribution in [3.8, 4) is 0 Å². The van der Waals surface area contributed by atoms with Gasteiger partial charge in [0.15, 0.2) is 0 Å². The Bertz CT molecular complexity index is 411. The van der Waals surface area contributed by atoms with Crippen LogP contribution in [0.3, 0.4) is 0 Å². The average Bonchev–Trinajstić information content (AvgIpc) is 2.31. The second kappa shape index (κ2) is 5.08. The third-order valence-corrected chi connectivity index (χ3v) is 3.31. The highest BCUT2D eigenvalue weighted by Crippen LogP contribution is 2.25. The zero-order valence-electron chi connectivity index (χ0n) is 10.7. The highest BCUT2D eigenvalue weighted by atomic mass is 16.1. The quantitative estimate of drug-likeness (QED) is 0.685. The van der Waals surface area contributed by atoms with E-state index in [1.54, 1.807) is 18.2 Å². The summed E-state index contributed by atoms with van der Waals surface area (Å²) in [6, 6.07) is 5.18. The highest BCUT2D eigenvalue weighted by Gasteiger charge is 2.21. The third kappa shape index (κ3) is 3.12. The van der Waals surface area contributed by atoms with E-state index in [-0.39, 0.29) is 5.54 Å². The summed E-state index contributed by atoms with van der Waals surface area (Å²) < 4.78 is 0. The SMILES string of the molecule is CCC(C)(CC)Nc1ccc(N)cc1C(N)=O. The van der Waals surface area contributed by atoms with Crippen LogP contribution in [0.4, 0.5) is 11.4 Å². The van der Waals surface area contributed by atoms with E-state index in [1.807, 2.05) is 0 Å². The molecule has 0 saturated carbocycles. The molecule has 5 N–H and O–H groups in total. The Morgan fingerprint density at radius 1 is 1.35 bits per heavy atom. The molecule has 1 aromatic rings. The van der Waals surface area contributed by atoms with Crippen molar-refractivity contribution in [1.82, 2.24) is 0 Å². The van der Waals surface area contributed by atoms with Crippen molar-refractivity contribution in [2.24, 2.45) is 5.73 Å². The maximum atomic E-state index is 11.4. The molecule has 1 rings (SSSR count). The Kier molecular flexibility index (Phi) is 3.99. The van der Waals surface area contributed by atoms with Crippen LogP contribution in [0.25, 0.3) is 0 Å². The van der Waals surface area contributed by atoms with Crippen molar-refractivity contribution < 1.29 is 4.79 Å². The zero-order chi connectivity index (χ0) is 13.1. The predicted octanol–water partition coefficient (Wildman–Crippen LogP) is 2.36. The Hall–Kier alpha value is -1.71. The number of carbonyl (C=O) groups excluding carboxylic acids is 1. The maximum Gasteiger partial charge on any atom is 0.250 e. The van der Waals surface area contributed by atoms with E-state index in [0.717, 1.165) is 18.5 Å². The monoisotopic (exact) mass is 235 g/mol. The number of benzene rings is 1. The molecule has 0 aliphatic heterocycles. The fourth-order valence-corrected chi connectivity index (χ4v) is 1.63. The van der Waals surface area contributed by atoms with Gasteiger partial charge in [-0.25, -0.2) is 0 Å². The second-order valence-electron chi connectivity index (χ2n) is 4.56. The molecule has 0 aromatic heterocycles. The summed E-state index contributed by atoms with van der Waals surface area (Å²) in [4.78, 5) is 11.4. The van der Waals surface area contributed by atoms with Crippen LogP contribution in [0.2, 0.25) is 0 Å². The number of hydrogen-bond acceptors (Lipinski definition) is 3. The maximum absolute atomic E-state index is 11.4. The van der Waals surface area contributed by atoms with Crippen LogP contribution in [0, 0.1) is 0 Å². The average molecular weight is 235 g/mol. The molecule has 0 radical (unpaired) electrons. The van der Waals surface area contributed by atoms with Crippen molar-refractivity contribution in [3.05, 3.63) is 23.8 Å². The summed E-state index contributed by atoms with van der Waals surface area (Å²) in [5.74, 6) is -0.464.